The third-order valence-electron chi connectivity index (χ3n) is 1.92. The summed E-state index contributed by atoms with van der Waals surface area (Å²) in [5, 5.41) is 9.59. The van der Waals surface area contributed by atoms with Crippen molar-refractivity contribution in [2.75, 3.05) is 0 Å². The molecule has 0 saturated carbocycles. The van der Waals surface area contributed by atoms with Gasteiger partial charge in [-0.3, -0.25) is 0 Å². The van der Waals surface area contributed by atoms with E-state index in [1.807, 2.05) is 0 Å². The summed E-state index contributed by atoms with van der Waals surface area (Å²) in [5.74, 6) is -0.361. The average Bonchev–Trinajstić information content (AvgIpc) is 2.53. The van der Waals surface area contributed by atoms with E-state index in [1.165, 1.54) is 0 Å². The molecule has 3 heteroatoms. The molecule has 0 saturated heterocycles. The van der Waals surface area contributed by atoms with Crippen LogP contribution in [0.4, 0.5) is 4.39 Å². The van der Waals surface area contributed by atoms with Crippen molar-refractivity contribution >= 4 is 10.9 Å². The van der Waals surface area contributed by atoms with Crippen molar-refractivity contribution < 1.29 is 9.50 Å². The zero-order valence-electron chi connectivity index (χ0n) is 6.34. The molecule has 2 N–H and O–H groups in total. The Morgan fingerprint density at radius 3 is 2.92 bits per heavy atom. The number of fused-ring (bicyclic) bond motifs is 1. The van der Waals surface area contributed by atoms with Gasteiger partial charge in [-0.15, -0.1) is 0 Å². The number of hydrogen-bond donors (Lipinski definition) is 2. The summed E-state index contributed by atoms with van der Waals surface area (Å²) in [6.07, 6.45) is 1.68. The molecule has 0 aliphatic rings. The Kier molecular flexibility index (Phi) is 1.59. The molecule has 62 valence electrons. The smallest absolute Gasteiger partial charge is 0.152 e. The van der Waals surface area contributed by atoms with Crippen LogP contribution in [0, 0.1) is 5.82 Å². The predicted octanol–water partition coefficient (Wildman–Crippen LogP) is 1.80. The van der Waals surface area contributed by atoms with Gasteiger partial charge in [0.15, 0.2) is 5.82 Å². The molecule has 0 unspecified atom stereocenters. The van der Waals surface area contributed by atoms with Gasteiger partial charge in [-0.25, -0.2) is 4.39 Å². The van der Waals surface area contributed by atoms with Crippen molar-refractivity contribution in [3.05, 3.63) is 35.8 Å². The Morgan fingerprint density at radius 2 is 2.17 bits per heavy atom. The highest BCUT2D eigenvalue weighted by atomic mass is 19.1. The van der Waals surface area contributed by atoms with Crippen LogP contribution in [0.1, 0.15) is 5.56 Å². The highest BCUT2D eigenvalue weighted by Gasteiger charge is 2.05. The normalized spacial score (nSPS) is 10.8. The Bertz CT molecular complexity index is 408. The minimum Gasteiger partial charge on any atom is -0.392 e. The van der Waals surface area contributed by atoms with E-state index < -0.39 is 0 Å². The Morgan fingerprint density at radius 1 is 1.33 bits per heavy atom. The number of aromatic nitrogens is 1. The zero-order chi connectivity index (χ0) is 8.55. The highest BCUT2D eigenvalue weighted by Crippen LogP contribution is 2.19. The van der Waals surface area contributed by atoms with E-state index in [9.17, 15) is 4.39 Å². The Hall–Kier alpha value is -1.35. The van der Waals surface area contributed by atoms with Gasteiger partial charge in [-0.05, 0) is 6.07 Å². The quantitative estimate of drug-likeness (QED) is 0.664. The Labute approximate surface area is 68.6 Å². The zero-order valence-corrected chi connectivity index (χ0v) is 6.34. The number of H-pyrrole nitrogens is 1. The van der Waals surface area contributed by atoms with Gasteiger partial charge in [0, 0.05) is 17.1 Å². The van der Waals surface area contributed by atoms with E-state index in [4.69, 9.17) is 5.11 Å². The van der Waals surface area contributed by atoms with Gasteiger partial charge in [-0.2, -0.15) is 0 Å². The molecular weight excluding hydrogens is 157 g/mol. The second-order valence-corrected chi connectivity index (χ2v) is 2.64. The molecule has 0 radical (unpaired) electrons. The molecule has 2 nitrogen and oxygen atoms in total. The number of aliphatic hydroxyl groups is 1. The largest absolute Gasteiger partial charge is 0.392 e. The summed E-state index contributed by atoms with van der Waals surface area (Å²) in [6, 6.07) is 5.16. The van der Waals surface area contributed by atoms with Crippen LogP contribution < -0.4 is 0 Å². The predicted molar refractivity (Wildman–Crippen MR) is 44.2 cm³/mol. The van der Waals surface area contributed by atoms with Crippen molar-refractivity contribution in [1.82, 2.24) is 4.98 Å². The monoisotopic (exact) mass is 165 g/mol. The lowest BCUT2D eigenvalue weighted by Gasteiger charge is -1.98. The van der Waals surface area contributed by atoms with Crippen LogP contribution in [0.2, 0.25) is 0 Å². The lowest BCUT2D eigenvalue weighted by atomic mass is 10.1. The Balaban J connectivity index is 2.78. The van der Waals surface area contributed by atoms with Crippen molar-refractivity contribution in [2.24, 2.45) is 0 Å². The first kappa shape index (κ1) is 7.31. The number of aliphatic hydroxyl groups excluding tert-OH is 1. The maximum absolute atomic E-state index is 13.3. The van der Waals surface area contributed by atoms with E-state index in [0.29, 0.717) is 11.1 Å². The second-order valence-electron chi connectivity index (χ2n) is 2.64. The van der Waals surface area contributed by atoms with Gasteiger partial charge in [-0.1, -0.05) is 12.1 Å². The summed E-state index contributed by atoms with van der Waals surface area (Å²) in [6.45, 7) is -0.263. The number of benzene rings is 1. The first-order valence-corrected chi connectivity index (χ1v) is 3.68. The van der Waals surface area contributed by atoms with Crippen molar-refractivity contribution in [2.45, 2.75) is 6.61 Å². The van der Waals surface area contributed by atoms with Crippen LogP contribution >= 0.6 is 0 Å². The third-order valence-corrected chi connectivity index (χ3v) is 1.92. The van der Waals surface area contributed by atoms with E-state index in [2.05, 4.69) is 4.98 Å². The second kappa shape index (κ2) is 2.60. The first-order valence-electron chi connectivity index (χ1n) is 3.68. The summed E-state index contributed by atoms with van der Waals surface area (Å²) >= 11 is 0. The molecule has 2 aromatic rings. The van der Waals surface area contributed by atoms with Crippen LogP contribution in [0.5, 0.6) is 0 Å². The standard InChI is InChI=1S/C9H8FNO/c10-8-7(5-12)2-1-6-3-4-11-9(6)8/h1-4,11-12H,5H2. The lowest BCUT2D eigenvalue weighted by molar-refractivity contribution is 0.276. The summed E-state index contributed by atoms with van der Waals surface area (Å²) in [7, 11) is 0. The number of hydrogen-bond acceptors (Lipinski definition) is 1. The molecule has 0 amide bonds. The average molecular weight is 165 g/mol. The molecule has 0 spiro atoms. The van der Waals surface area contributed by atoms with Crippen molar-refractivity contribution in [3.63, 3.8) is 0 Å². The van der Waals surface area contributed by atoms with E-state index in [-0.39, 0.29) is 12.4 Å². The van der Waals surface area contributed by atoms with Crippen LogP contribution in [0.25, 0.3) is 10.9 Å². The fraction of sp³-hybridized carbons (Fsp3) is 0.111. The van der Waals surface area contributed by atoms with Gasteiger partial charge < -0.3 is 10.1 Å². The molecule has 0 aliphatic carbocycles. The minimum absolute atomic E-state index is 0.263. The topological polar surface area (TPSA) is 36.0 Å². The number of rotatable bonds is 1. The van der Waals surface area contributed by atoms with Crippen molar-refractivity contribution in [1.29, 1.82) is 0 Å². The molecule has 0 fully saturated rings. The van der Waals surface area contributed by atoms with Crippen LogP contribution in [-0.4, -0.2) is 10.1 Å². The molecule has 12 heavy (non-hydrogen) atoms. The van der Waals surface area contributed by atoms with E-state index >= 15 is 0 Å². The minimum atomic E-state index is -0.361. The molecule has 1 aromatic carbocycles. The van der Waals surface area contributed by atoms with Crippen LogP contribution in [0.3, 0.4) is 0 Å². The maximum Gasteiger partial charge on any atom is 0.152 e. The van der Waals surface area contributed by atoms with Crippen LogP contribution in [-0.2, 0) is 6.61 Å². The molecule has 0 atom stereocenters. The fourth-order valence-electron chi connectivity index (χ4n) is 1.26. The van der Waals surface area contributed by atoms with Gasteiger partial charge >= 0.3 is 0 Å². The van der Waals surface area contributed by atoms with Crippen molar-refractivity contribution in [3.8, 4) is 0 Å². The summed E-state index contributed by atoms with van der Waals surface area (Å²) in [4.78, 5) is 2.78. The summed E-state index contributed by atoms with van der Waals surface area (Å²) < 4.78 is 13.3. The van der Waals surface area contributed by atoms with Crippen LogP contribution in [0.15, 0.2) is 24.4 Å². The van der Waals surface area contributed by atoms with Gasteiger partial charge in [0.2, 0.25) is 0 Å². The van der Waals surface area contributed by atoms with E-state index in [0.717, 1.165) is 5.39 Å². The first-order chi connectivity index (χ1) is 5.83. The van der Waals surface area contributed by atoms with E-state index in [1.54, 1.807) is 24.4 Å². The van der Waals surface area contributed by atoms with Gasteiger partial charge in [0.1, 0.15) is 0 Å². The molecule has 0 bridgehead atoms. The molecular formula is C9H8FNO. The SMILES string of the molecule is OCc1ccc2cc[nH]c2c1F. The molecule has 2 rings (SSSR count). The maximum atomic E-state index is 13.3. The van der Waals surface area contributed by atoms with Gasteiger partial charge in [0.25, 0.3) is 0 Å². The third kappa shape index (κ3) is 0.905. The van der Waals surface area contributed by atoms with Gasteiger partial charge in [0.05, 0.1) is 12.1 Å². The fourth-order valence-corrected chi connectivity index (χ4v) is 1.26. The number of halogens is 1. The number of nitrogens with one attached hydrogen (secondary N) is 1. The lowest BCUT2D eigenvalue weighted by Crippen LogP contribution is -1.89. The highest BCUT2D eigenvalue weighted by molar-refractivity contribution is 5.80. The molecule has 1 aromatic heterocycles. The summed E-state index contributed by atoms with van der Waals surface area (Å²) in [5.41, 5.74) is 0.784. The molecule has 0 aliphatic heterocycles. The molecule has 1 heterocycles. The number of aromatic amines is 1.